The van der Waals surface area contributed by atoms with Crippen molar-refractivity contribution < 1.29 is 4.39 Å². The van der Waals surface area contributed by atoms with E-state index in [0.29, 0.717) is 17.0 Å². The van der Waals surface area contributed by atoms with Crippen molar-refractivity contribution in [2.75, 3.05) is 26.2 Å². The van der Waals surface area contributed by atoms with Gasteiger partial charge in [0, 0.05) is 48.5 Å². The molecule has 0 amide bonds. The molecule has 0 spiro atoms. The quantitative estimate of drug-likeness (QED) is 0.463. The summed E-state index contributed by atoms with van der Waals surface area (Å²) in [5.74, 6) is -0.191. The van der Waals surface area contributed by atoms with Gasteiger partial charge in [-0.1, -0.05) is 43.8 Å². The molecule has 1 aliphatic rings. The summed E-state index contributed by atoms with van der Waals surface area (Å²) in [6.07, 6.45) is 0.629. The van der Waals surface area contributed by atoms with E-state index >= 15 is 0 Å². The number of aryl methyl sites for hydroxylation is 1. The van der Waals surface area contributed by atoms with Gasteiger partial charge in [-0.2, -0.15) is 0 Å². The average molecular weight is 436 g/mol. The first-order valence-electron chi connectivity index (χ1n) is 10.6. The van der Waals surface area contributed by atoms with Crippen molar-refractivity contribution in [1.29, 1.82) is 0 Å². The molecule has 0 bridgehead atoms. The molecule has 0 N–H and O–H groups in total. The number of pyridine rings is 1. The number of aromatic nitrogens is 1. The number of fused-ring (bicyclic) bond motifs is 1. The lowest BCUT2D eigenvalue weighted by Gasteiger charge is -2.38. The maximum Gasteiger partial charge on any atom is 0.126 e. The highest BCUT2D eigenvalue weighted by Gasteiger charge is 2.19. The molecule has 2 heterocycles. The summed E-state index contributed by atoms with van der Waals surface area (Å²) < 4.78 is 13.9. The Bertz CT molecular complexity index is 1160. The van der Waals surface area contributed by atoms with E-state index in [1.54, 1.807) is 6.07 Å². The highest BCUT2D eigenvalue weighted by atomic mass is 35.5. The highest BCUT2D eigenvalue weighted by molar-refractivity contribution is 6.35. The highest BCUT2D eigenvalue weighted by Crippen LogP contribution is 2.31. The molecule has 5 heteroatoms. The van der Waals surface area contributed by atoms with Crippen LogP contribution >= 0.6 is 11.6 Å². The van der Waals surface area contributed by atoms with E-state index in [1.807, 2.05) is 38.1 Å². The van der Waals surface area contributed by atoms with Crippen LogP contribution in [0.3, 0.4) is 0 Å². The molecule has 1 fully saturated rings. The number of hydrogen-bond donors (Lipinski definition) is 0. The Labute approximate surface area is 188 Å². The normalized spacial score (nSPS) is 14.2. The molecule has 0 atom stereocenters. The Balaban J connectivity index is 1.65. The maximum atomic E-state index is 13.9. The Morgan fingerprint density at radius 2 is 1.74 bits per heavy atom. The topological polar surface area (TPSA) is 19.4 Å². The number of halogens is 2. The summed E-state index contributed by atoms with van der Waals surface area (Å²) in [6, 6.07) is 13.0. The maximum absolute atomic E-state index is 13.9. The first-order valence-corrected chi connectivity index (χ1v) is 11.0. The summed E-state index contributed by atoms with van der Waals surface area (Å²) in [7, 11) is 0. The SMILES string of the molecule is C=C(C)N1CCN(C(=C)c2ccc3c(Cl)cc(-c4ccc(F)c(CC)c4)nc3c2)CC1. The lowest BCUT2D eigenvalue weighted by molar-refractivity contribution is 0.215. The smallest absolute Gasteiger partial charge is 0.126 e. The molecule has 1 saturated heterocycles. The van der Waals surface area contributed by atoms with Crippen LogP contribution in [-0.2, 0) is 6.42 Å². The fourth-order valence-corrected chi connectivity index (χ4v) is 4.32. The molecule has 3 nitrogen and oxygen atoms in total. The Kier molecular flexibility index (Phi) is 6.01. The molecule has 4 rings (SSSR count). The molecule has 0 radical (unpaired) electrons. The number of benzene rings is 2. The fourth-order valence-electron chi connectivity index (χ4n) is 4.06. The monoisotopic (exact) mass is 435 g/mol. The predicted molar refractivity (Wildman–Crippen MR) is 129 cm³/mol. The molecule has 0 aliphatic carbocycles. The fraction of sp³-hybridized carbons (Fsp3) is 0.269. The molecule has 1 aliphatic heterocycles. The number of rotatable bonds is 5. The van der Waals surface area contributed by atoms with Crippen molar-refractivity contribution in [2.24, 2.45) is 0 Å². The summed E-state index contributed by atoms with van der Waals surface area (Å²) in [4.78, 5) is 9.45. The zero-order valence-electron chi connectivity index (χ0n) is 18.1. The predicted octanol–water partition coefficient (Wildman–Crippen LogP) is 6.38. The average Bonchev–Trinajstić information content (AvgIpc) is 2.78. The van der Waals surface area contributed by atoms with Crippen molar-refractivity contribution in [3.63, 3.8) is 0 Å². The number of hydrogen-bond acceptors (Lipinski definition) is 3. The molecule has 0 saturated carbocycles. The number of allylic oxidation sites excluding steroid dienone is 1. The zero-order chi connectivity index (χ0) is 22.1. The molecule has 160 valence electrons. The third kappa shape index (κ3) is 4.31. The summed E-state index contributed by atoms with van der Waals surface area (Å²) in [5, 5.41) is 1.53. The van der Waals surface area contributed by atoms with Crippen molar-refractivity contribution >= 4 is 28.2 Å². The molecule has 1 aromatic heterocycles. The van der Waals surface area contributed by atoms with Gasteiger partial charge in [0.05, 0.1) is 16.2 Å². The lowest BCUT2D eigenvalue weighted by atomic mass is 10.0. The molecule has 0 unspecified atom stereocenters. The minimum atomic E-state index is -0.191. The van der Waals surface area contributed by atoms with E-state index in [1.165, 1.54) is 6.07 Å². The molecular formula is C26H27ClFN3. The second-order valence-electron chi connectivity index (χ2n) is 8.04. The second-order valence-corrected chi connectivity index (χ2v) is 8.44. The first-order chi connectivity index (χ1) is 14.9. The van der Waals surface area contributed by atoms with Crippen molar-refractivity contribution in [3.05, 3.63) is 83.3 Å². The molecular weight excluding hydrogens is 409 g/mol. The van der Waals surface area contributed by atoms with Crippen LogP contribution in [0.25, 0.3) is 27.9 Å². The third-order valence-electron chi connectivity index (χ3n) is 6.02. The molecule has 3 aromatic rings. The van der Waals surface area contributed by atoms with Crippen LogP contribution in [0.1, 0.15) is 25.0 Å². The number of nitrogens with zero attached hydrogens (tertiary/aromatic N) is 3. The van der Waals surface area contributed by atoms with E-state index in [2.05, 4.69) is 29.0 Å². The van der Waals surface area contributed by atoms with Gasteiger partial charge >= 0.3 is 0 Å². The lowest BCUT2D eigenvalue weighted by Crippen LogP contribution is -2.44. The van der Waals surface area contributed by atoms with Crippen LogP contribution in [0.2, 0.25) is 5.02 Å². The summed E-state index contributed by atoms with van der Waals surface area (Å²) >= 11 is 6.58. The van der Waals surface area contributed by atoms with Gasteiger partial charge in [0.15, 0.2) is 0 Å². The summed E-state index contributed by atoms with van der Waals surface area (Å²) in [6.45, 7) is 16.1. The van der Waals surface area contributed by atoms with E-state index < -0.39 is 0 Å². The first kappa shape index (κ1) is 21.4. The van der Waals surface area contributed by atoms with E-state index in [4.69, 9.17) is 16.6 Å². The Hall–Kier alpha value is -2.85. The zero-order valence-corrected chi connectivity index (χ0v) is 18.8. The Morgan fingerprint density at radius 1 is 1.03 bits per heavy atom. The van der Waals surface area contributed by atoms with Gasteiger partial charge in [0.2, 0.25) is 0 Å². The van der Waals surface area contributed by atoms with Crippen LogP contribution in [0, 0.1) is 5.82 Å². The standard InChI is InChI=1S/C26H27ClFN3/c1-5-19-14-21(7-9-24(19)28)25-16-23(27)22-8-6-20(15-26(22)29-25)18(4)31-12-10-30(11-13-31)17(2)3/h6-9,14-16H,2,4-5,10-13H2,1,3H3. The minimum Gasteiger partial charge on any atom is -0.372 e. The van der Waals surface area contributed by atoms with Crippen molar-refractivity contribution in [1.82, 2.24) is 14.8 Å². The van der Waals surface area contributed by atoms with Crippen LogP contribution in [0.15, 0.2) is 61.3 Å². The van der Waals surface area contributed by atoms with E-state index in [-0.39, 0.29) is 5.82 Å². The van der Waals surface area contributed by atoms with Gasteiger partial charge < -0.3 is 9.80 Å². The van der Waals surface area contributed by atoms with Gasteiger partial charge in [-0.25, -0.2) is 9.37 Å². The van der Waals surface area contributed by atoms with Crippen LogP contribution in [0.5, 0.6) is 0 Å². The van der Waals surface area contributed by atoms with Crippen molar-refractivity contribution in [2.45, 2.75) is 20.3 Å². The van der Waals surface area contributed by atoms with Gasteiger partial charge in [-0.15, -0.1) is 0 Å². The summed E-state index contributed by atoms with van der Waals surface area (Å²) in [5.41, 5.74) is 6.21. The minimum absolute atomic E-state index is 0.191. The molecule has 31 heavy (non-hydrogen) atoms. The van der Waals surface area contributed by atoms with E-state index in [0.717, 1.165) is 65.3 Å². The second kappa shape index (κ2) is 8.72. The van der Waals surface area contributed by atoms with Crippen LogP contribution in [-0.4, -0.2) is 41.0 Å². The van der Waals surface area contributed by atoms with Crippen LogP contribution < -0.4 is 0 Å². The van der Waals surface area contributed by atoms with Crippen molar-refractivity contribution in [3.8, 4) is 11.3 Å². The largest absolute Gasteiger partial charge is 0.372 e. The van der Waals surface area contributed by atoms with Gasteiger partial charge in [-0.3, -0.25) is 0 Å². The van der Waals surface area contributed by atoms with Gasteiger partial charge in [0.1, 0.15) is 5.82 Å². The van der Waals surface area contributed by atoms with Crippen LogP contribution in [0.4, 0.5) is 4.39 Å². The Morgan fingerprint density at radius 3 is 2.42 bits per heavy atom. The van der Waals surface area contributed by atoms with Gasteiger partial charge in [-0.05, 0) is 54.8 Å². The number of piperazine rings is 1. The third-order valence-corrected chi connectivity index (χ3v) is 6.33. The molecule has 2 aromatic carbocycles. The van der Waals surface area contributed by atoms with Gasteiger partial charge in [0.25, 0.3) is 0 Å². The van der Waals surface area contributed by atoms with E-state index in [9.17, 15) is 4.39 Å².